The standard InChI is InChI=1S/C10H20N2O/c1-10(7-11)3-4-12(8-10)9-2-5-13-6-9/h9H,2-8,11H2,1H3. The summed E-state index contributed by atoms with van der Waals surface area (Å²) >= 11 is 0. The molecule has 3 nitrogen and oxygen atoms in total. The topological polar surface area (TPSA) is 38.5 Å². The molecule has 2 N–H and O–H groups in total. The molecule has 2 unspecified atom stereocenters. The van der Waals surface area contributed by atoms with E-state index in [9.17, 15) is 0 Å². The average Bonchev–Trinajstić information content (AvgIpc) is 2.73. The summed E-state index contributed by atoms with van der Waals surface area (Å²) in [6.45, 7) is 7.36. The predicted octanol–water partition coefficient (Wildman–Crippen LogP) is 0.446. The van der Waals surface area contributed by atoms with Crippen molar-refractivity contribution in [3.05, 3.63) is 0 Å². The van der Waals surface area contributed by atoms with Gasteiger partial charge >= 0.3 is 0 Å². The van der Waals surface area contributed by atoms with Gasteiger partial charge in [-0.1, -0.05) is 6.92 Å². The van der Waals surface area contributed by atoms with Crippen LogP contribution in [0.15, 0.2) is 0 Å². The highest BCUT2D eigenvalue weighted by molar-refractivity contribution is 4.90. The van der Waals surface area contributed by atoms with E-state index in [1.165, 1.54) is 19.4 Å². The van der Waals surface area contributed by atoms with Crippen LogP contribution in [-0.4, -0.2) is 43.8 Å². The lowest BCUT2D eigenvalue weighted by Crippen LogP contribution is -2.37. The first-order chi connectivity index (χ1) is 6.23. The van der Waals surface area contributed by atoms with Gasteiger partial charge in [0, 0.05) is 19.2 Å². The first-order valence-electron chi connectivity index (χ1n) is 5.25. The van der Waals surface area contributed by atoms with Gasteiger partial charge < -0.3 is 10.5 Å². The van der Waals surface area contributed by atoms with Gasteiger partial charge in [0.15, 0.2) is 0 Å². The molecule has 2 aliphatic heterocycles. The Morgan fingerprint density at radius 1 is 1.62 bits per heavy atom. The number of hydrogen-bond acceptors (Lipinski definition) is 3. The molecule has 0 amide bonds. The fourth-order valence-electron chi connectivity index (χ4n) is 2.35. The minimum Gasteiger partial charge on any atom is -0.380 e. The van der Waals surface area contributed by atoms with Crippen molar-refractivity contribution in [3.8, 4) is 0 Å². The largest absolute Gasteiger partial charge is 0.380 e. The smallest absolute Gasteiger partial charge is 0.0622 e. The zero-order valence-electron chi connectivity index (χ0n) is 8.46. The van der Waals surface area contributed by atoms with Gasteiger partial charge in [0.05, 0.1) is 6.61 Å². The van der Waals surface area contributed by atoms with Gasteiger partial charge in [-0.2, -0.15) is 0 Å². The minimum atomic E-state index is 0.364. The minimum absolute atomic E-state index is 0.364. The van der Waals surface area contributed by atoms with E-state index < -0.39 is 0 Å². The number of ether oxygens (including phenoxy) is 1. The summed E-state index contributed by atoms with van der Waals surface area (Å²) in [5.74, 6) is 0. The first kappa shape index (κ1) is 9.44. The maximum Gasteiger partial charge on any atom is 0.0622 e. The third kappa shape index (κ3) is 1.87. The third-order valence-corrected chi connectivity index (χ3v) is 3.50. The Bertz CT molecular complexity index is 180. The van der Waals surface area contributed by atoms with Crippen molar-refractivity contribution < 1.29 is 4.74 Å². The molecule has 2 fully saturated rings. The molecule has 13 heavy (non-hydrogen) atoms. The monoisotopic (exact) mass is 184 g/mol. The predicted molar refractivity (Wildman–Crippen MR) is 52.6 cm³/mol. The van der Waals surface area contributed by atoms with Crippen LogP contribution in [0.5, 0.6) is 0 Å². The second-order valence-corrected chi connectivity index (χ2v) is 4.75. The number of likely N-dealkylation sites (tertiary alicyclic amines) is 1. The molecule has 0 bridgehead atoms. The molecule has 0 spiro atoms. The fraction of sp³-hybridized carbons (Fsp3) is 1.00. The van der Waals surface area contributed by atoms with Gasteiger partial charge in [0.25, 0.3) is 0 Å². The molecule has 2 aliphatic rings. The van der Waals surface area contributed by atoms with Crippen LogP contribution in [-0.2, 0) is 4.74 Å². The van der Waals surface area contributed by atoms with Crippen LogP contribution in [0.4, 0.5) is 0 Å². The maximum atomic E-state index is 5.77. The second-order valence-electron chi connectivity index (χ2n) is 4.75. The molecule has 0 saturated carbocycles. The van der Waals surface area contributed by atoms with Gasteiger partial charge in [0.1, 0.15) is 0 Å². The number of rotatable bonds is 2. The molecule has 0 aromatic rings. The highest BCUT2D eigenvalue weighted by atomic mass is 16.5. The van der Waals surface area contributed by atoms with Gasteiger partial charge in [0.2, 0.25) is 0 Å². The van der Waals surface area contributed by atoms with Crippen molar-refractivity contribution in [3.63, 3.8) is 0 Å². The molecule has 2 heterocycles. The normalized spacial score (nSPS) is 41.5. The fourth-order valence-corrected chi connectivity index (χ4v) is 2.35. The Labute approximate surface area is 80.2 Å². The van der Waals surface area contributed by atoms with E-state index in [-0.39, 0.29) is 0 Å². The van der Waals surface area contributed by atoms with Crippen molar-refractivity contribution >= 4 is 0 Å². The van der Waals surface area contributed by atoms with Crippen LogP contribution in [0.3, 0.4) is 0 Å². The van der Waals surface area contributed by atoms with Gasteiger partial charge in [-0.05, 0) is 31.3 Å². The first-order valence-corrected chi connectivity index (χ1v) is 5.25. The molecule has 2 atom stereocenters. The molecule has 0 aromatic heterocycles. The van der Waals surface area contributed by atoms with Crippen LogP contribution < -0.4 is 5.73 Å². The molecule has 0 aromatic carbocycles. The van der Waals surface area contributed by atoms with Crippen molar-refractivity contribution in [2.45, 2.75) is 25.8 Å². The lowest BCUT2D eigenvalue weighted by molar-refractivity contribution is 0.151. The Balaban J connectivity index is 1.90. The lowest BCUT2D eigenvalue weighted by Gasteiger charge is -2.25. The van der Waals surface area contributed by atoms with E-state index in [0.717, 1.165) is 26.3 Å². The van der Waals surface area contributed by atoms with Crippen LogP contribution in [0.1, 0.15) is 19.8 Å². The molecule has 2 saturated heterocycles. The molecular weight excluding hydrogens is 164 g/mol. The van der Waals surface area contributed by atoms with E-state index in [1.807, 2.05) is 0 Å². The maximum absolute atomic E-state index is 5.77. The quantitative estimate of drug-likeness (QED) is 0.677. The van der Waals surface area contributed by atoms with Crippen LogP contribution in [0, 0.1) is 5.41 Å². The highest BCUT2D eigenvalue weighted by Gasteiger charge is 2.36. The van der Waals surface area contributed by atoms with E-state index in [2.05, 4.69) is 11.8 Å². The zero-order chi connectivity index (χ0) is 9.31. The Morgan fingerprint density at radius 3 is 3.00 bits per heavy atom. The van der Waals surface area contributed by atoms with E-state index in [4.69, 9.17) is 10.5 Å². The number of nitrogens with two attached hydrogens (primary N) is 1. The van der Waals surface area contributed by atoms with Gasteiger partial charge in [-0.15, -0.1) is 0 Å². The highest BCUT2D eigenvalue weighted by Crippen LogP contribution is 2.31. The summed E-state index contributed by atoms with van der Waals surface area (Å²) in [4.78, 5) is 2.56. The molecule has 2 rings (SSSR count). The SMILES string of the molecule is CC1(CN)CCN(C2CCOC2)C1. The van der Waals surface area contributed by atoms with Crippen molar-refractivity contribution in [1.82, 2.24) is 4.90 Å². The lowest BCUT2D eigenvalue weighted by atomic mass is 9.90. The van der Waals surface area contributed by atoms with E-state index in [0.29, 0.717) is 11.5 Å². The van der Waals surface area contributed by atoms with Crippen molar-refractivity contribution in [2.75, 3.05) is 32.8 Å². The third-order valence-electron chi connectivity index (χ3n) is 3.50. The molecule has 0 radical (unpaired) electrons. The van der Waals surface area contributed by atoms with E-state index in [1.54, 1.807) is 0 Å². The second kappa shape index (κ2) is 3.56. The van der Waals surface area contributed by atoms with Gasteiger partial charge in [-0.25, -0.2) is 0 Å². The summed E-state index contributed by atoms with van der Waals surface area (Å²) in [7, 11) is 0. The number of nitrogens with zero attached hydrogens (tertiary/aromatic N) is 1. The summed E-state index contributed by atoms with van der Waals surface area (Å²) < 4.78 is 5.40. The van der Waals surface area contributed by atoms with Crippen LogP contribution in [0.2, 0.25) is 0 Å². The van der Waals surface area contributed by atoms with Crippen LogP contribution >= 0.6 is 0 Å². The average molecular weight is 184 g/mol. The summed E-state index contributed by atoms with van der Waals surface area (Å²) in [6, 6.07) is 0.674. The van der Waals surface area contributed by atoms with Crippen molar-refractivity contribution in [2.24, 2.45) is 11.1 Å². The zero-order valence-corrected chi connectivity index (χ0v) is 8.46. The molecule has 0 aliphatic carbocycles. The summed E-state index contributed by atoms with van der Waals surface area (Å²) in [5.41, 5.74) is 6.13. The van der Waals surface area contributed by atoms with Crippen molar-refractivity contribution in [1.29, 1.82) is 0 Å². The van der Waals surface area contributed by atoms with Gasteiger partial charge in [-0.3, -0.25) is 4.90 Å². The van der Waals surface area contributed by atoms with E-state index >= 15 is 0 Å². The Hall–Kier alpha value is -0.120. The molecule has 3 heteroatoms. The summed E-state index contributed by atoms with van der Waals surface area (Å²) in [5, 5.41) is 0. The Kier molecular flexibility index (Phi) is 2.58. The Morgan fingerprint density at radius 2 is 2.46 bits per heavy atom. The molecule has 76 valence electrons. The summed E-state index contributed by atoms with van der Waals surface area (Å²) in [6.07, 6.45) is 2.46. The number of hydrogen-bond donors (Lipinski definition) is 1. The van der Waals surface area contributed by atoms with Crippen LogP contribution in [0.25, 0.3) is 0 Å². The molecular formula is C10H20N2O.